The van der Waals surface area contributed by atoms with Crippen molar-refractivity contribution in [3.05, 3.63) is 89.1 Å². The van der Waals surface area contributed by atoms with Crippen molar-refractivity contribution in [1.29, 1.82) is 0 Å². The van der Waals surface area contributed by atoms with Gasteiger partial charge >= 0.3 is 0 Å². The van der Waals surface area contributed by atoms with E-state index in [4.69, 9.17) is 0 Å². The van der Waals surface area contributed by atoms with E-state index < -0.39 is 0 Å². The lowest BCUT2D eigenvalue weighted by Gasteiger charge is -2.29. The second kappa shape index (κ2) is 8.87. The molecule has 5 rings (SSSR count). The highest BCUT2D eigenvalue weighted by Crippen LogP contribution is 2.30. The van der Waals surface area contributed by atoms with E-state index in [-0.39, 0.29) is 24.3 Å². The van der Waals surface area contributed by atoms with Crippen molar-refractivity contribution in [3.63, 3.8) is 0 Å². The molecule has 4 aromatic rings. The fourth-order valence-corrected chi connectivity index (χ4v) is 4.60. The number of pyridine rings is 1. The third kappa shape index (κ3) is 4.16. The first-order valence-corrected chi connectivity index (χ1v) is 11.3. The number of aryl methyl sites for hydroxylation is 1. The van der Waals surface area contributed by atoms with Gasteiger partial charge in [0, 0.05) is 17.4 Å². The fraction of sp³-hybridized carbons (Fsp3) is 0.0800. The van der Waals surface area contributed by atoms with Gasteiger partial charge in [0.25, 0.3) is 11.8 Å². The number of hydrogen-bond acceptors (Lipinski definition) is 6. The normalized spacial score (nSPS) is 12.6. The highest BCUT2D eigenvalue weighted by Gasteiger charge is 2.27. The number of para-hydroxylation sites is 2. The zero-order valence-corrected chi connectivity index (χ0v) is 18.9. The lowest BCUT2D eigenvalue weighted by molar-refractivity contribution is -0.115. The summed E-state index contributed by atoms with van der Waals surface area (Å²) in [4.78, 5) is 48.7. The highest BCUT2D eigenvalue weighted by atomic mass is 32.1. The van der Waals surface area contributed by atoms with Crippen molar-refractivity contribution < 1.29 is 14.4 Å². The van der Waals surface area contributed by atoms with Crippen LogP contribution in [0.2, 0.25) is 0 Å². The summed E-state index contributed by atoms with van der Waals surface area (Å²) >= 11 is 1.28. The minimum atomic E-state index is -0.293. The minimum absolute atomic E-state index is 0.0579. The number of carbonyl (C=O) groups excluding carboxylic acids is 3. The molecule has 0 fully saturated rings. The molecule has 3 heterocycles. The van der Waals surface area contributed by atoms with Gasteiger partial charge in [-0.1, -0.05) is 18.2 Å². The standard InChI is InChI=1S/C25H19N5O3S/c1-15-22(34-24(27-15)19-7-4-5-13-26-19)23(32)28-17-11-9-16(10-12-17)25(33)30-14-21(31)29-18-6-2-3-8-20(18)30/h2-13H,14H2,1H3,(H,28,32)(H,29,31). The number of fused-ring (bicyclic) bond motifs is 1. The predicted molar refractivity (Wildman–Crippen MR) is 131 cm³/mol. The molecular formula is C25H19N5O3S. The second-order valence-corrected chi connectivity index (χ2v) is 8.64. The zero-order chi connectivity index (χ0) is 23.7. The van der Waals surface area contributed by atoms with Crippen LogP contribution in [0.25, 0.3) is 10.7 Å². The van der Waals surface area contributed by atoms with E-state index in [1.54, 1.807) is 55.6 Å². The quantitative estimate of drug-likeness (QED) is 0.462. The molecule has 2 aromatic carbocycles. The number of amides is 3. The summed E-state index contributed by atoms with van der Waals surface area (Å²) in [6.07, 6.45) is 1.68. The number of nitrogens with zero attached hydrogens (tertiary/aromatic N) is 3. The molecule has 8 nitrogen and oxygen atoms in total. The van der Waals surface area contributed by atoms with Crippen LogP contribution in [0.15, 0.2) is 72.9 Å². The summed E-state index contributed by atoms with van der Waals surface area (Å²) < 4.78 is 0. The van der Waals surface area contributed by atoms with E-state index in [1.165, 1.54) is 16.2 Å². The van der Waals surface area contributed by atoms with Crippen LogP contribution >= 0.6 is 11.3 Å². The van der Waals surface area contributed by atoms with Crippen molar-refractivity contribution in [3.8, 4) is 10.7 Å². The van der Waals surface area contributed by atoms with Gasteiger partial charge in [-0.25, -0.2) is 4.98 Å². The Kier molecular flexibility index (Phi) is 5.60. The van der Waals surface area contributed by atoms with Crippen molar-refractivity contribution in [1.82, 2.24) is 9.97 Å². The van der Waals surface area contributed by atoms with Crippen molar-refractivity contribution in [2.75, 3.05) is 22.1 Å². The van der Waals surface area contributed by atoms with Crippen molar-refractivity contribution in [2.45, 2.75) is 6.92 Å². The maximum absolute atomic E-state index is 13.1. The van der Waals surface area contributed by atoms with Crippen LogP contribution in [-0.2, 0) is 4.79 Å². The number of anilines is 3. The zero-order valence-electron chi connectivity index (χ0n) is 18.1. The molecule has 2 aromatic heterocycles. The topological polar surface area (TPSA) is 104 Å². The van der Waals surface area contributed by atoms with Gasteiger partial charge in [0.15, 0.2) is 0 Å². The molecule has 0 atom stereocenters. The van der Waals surface area contributed by atoms with Crippen LogP contribution in [-0.4, -0.2) is 34.2 Å². The molecule has 0 bridgehead atoms. The first-order chi connectivity index (χ1) is 16.5. The summed E-state index contributed by atoms with van der Waals surface area (Å²) in [5.74, 6) is -0.822. The Balaban J connectivity index is 1.32. The van der Waals surface area contributed by atoms with Gasteiger partial charge in [0.05, 0.1) is 22.8 Å². The number of rotatable bonds is 4. The number of aromatic nitrogens is 2. The van der Waals surface area contributed by atoms with Crippen LogP contribution in [0.5, 0.6) is 0 Å². The molecule has 168 valence electrons. The monoisotopic (exact) mass is 469 g/mol. The fourth-order valence-electron chi connectivity index (χ4n) is 3.66. The first kappa shape index (κ1) is 21.5. The molecule has 34 heavy (non-hydrogen) atoms. The molecule has 3 amide bonds. The number of thiazole rings is 1. The Hall–Kier alpha value is -4.37. The molecule has 2 N–H and O–H groups in total. The predicted octanol–water partition coefficient (Wildman–Crippen LogP) is 4.36. The average Bonchev–Trinajstić information content (AvgIpc) is 3.26. The van der Waals surface area contributed by atoms with E-state index in [0.717, 1.165) is 0 Å². The molecule has 0 saturated carbocycles. The van der Waals surface area contributed by atoms with Crippen molar-refractivity contribution in [2.24, 2.45) is 0 Å². The Morgan fingerprint density at radius 2 is 1.79 bits per heavy atom. The SMILES string of the molecule is Cc1nc(-c2ccccn2)sc1C(=O)Nc1ccc(C(=O)N2CC(=O)Nc3ccccc32)cc1. The third-order valence-electron chi connectivity index (χ3n) is 5.29. The molecule has 1 aliphatic heterocycles. The van der Waals surface area contributed by atoms with Crippen LogP contribution in [0.3, 0.4) is 0 Å². The lowest BCUT2D eigenvalue weighted by Crippen LogP contribution is -2.42. The number of nitrogens with one attached hydrogen (secondary N) is 2. The molecule has 0 unspecified atom stereocenters. The van der Waals surface area contributed by atoms with Crippen molar-refractivity contribution >= 4 is 46.1 Å². The van der Waals surface area contributed by atoms with Gasteiger partial charge in [-0.05, 0) is 55.5 Å². The molecule has 0 radical (unpaired) electrons. The van der Waals surface area contributed by atoms with E-state index in [2.05, 4.69) is 20.6 Å². The van der Waals surface area contributed by atoms with Gasteiger partial charge in [-0.15, -0.1) is 11.3 Å². The van der Waals surface area contributed by atoms with Crippen LogP contribution in [0.1, 0.15) is 25.7 Å². The lowest BCUT2D eigenvalue weighted by atomic mass is 10.1. The first-order valence-electron chi connectivity index (χ1n) is 10.5. The summed E-state index contributed by atoms with van der Waals surface area (Å²) in [5, 5.41) is 6.30. The maximum atomic E-state index is 13.1. The third-order valence-corrected chi connectivity index (χ3v) is 6.47. The van der Waals surface area contributed by atoms with E-state index in [1.807, 2.05) is 24.3 Å². The minimum Gasteiger partial charge on any atom is -0.323 e. The molecule has 9 heteroatoms. The van der Waals surface area contributed by atoms with Crippen LogP contribution < -0.4 is 15.5 Å². The molecule has 0 spiro atoms. The Morgan fingerprint density at radius 3 is 2.56 bits per heavy atom. The second-order valence-electron chi connectivity index (χ2n) is 7.64. The molecule has 0 saturated heterocycles. The largest absolute Gasteiger partial charge is 0.323 e. The number of hydrogen-bond donors (Lipinski definition) is 2. The summed E-state index contributed by atoms with van der Waals surface area (Å²) in [6.45, 7) is 1.73. The maximum Gasteiger partial charge on any atom is 0.267 e. The molecule has 0 aliphatic carbocycles. The molecular weight excluding hydrogens is 450 g/mol. The summed E-state index contributed by atoms with van der Waals surface area (Å²) in [7, 11) is 0. The highest BCUT2D eigenvalue weighted by molar-refractivity contribution is 7.17. The Morgan fingerprint density at radius 1 is 1.03 bits per heavy atom. The van der Waals surface area contributed by atoms with Gasteiger partial charge in [-0.2, -0.15) is 0 Å². The molecule has 1 aliphatic rings. The van der Waals surface area contributed by atoms with Gasteiger partial charge in [0.1, 0.15) is 16.4 Å². The van der Waals surface area contributed by atoms with Gasteiger partial charge in [-0.3, -0.25) is 24.3 Å². The van der Waals surface area contributed by atoms with Crippen LogP contribution in [0, 0.1) is 6.92 Å². The summed E-state index contributed by atoms with van der Waals surface area (Å²) in [5.41, 5.74) is 3.54. The van der Waals surface area contributed by atoms with E-state index in [0.29, 0.717) is 43.9 Å². The number of benzene rings is 2. The average molecular weight is 470 g/mol. The van der Waals surface area contributed by atoms with Gasteiger partial charge < -0.3 is 10.6 Å². The van der Waals surface area contributed by atoms with Crippen LogP contribution in [0.4, 0.5) is 17.1 Å². The smallest absolute Gasteiger partial charge is 0.267 e. The Labute approximate surface area is 199 Å². The number of carbonyl (C=O) groups is 3. The van der Waals surface area contributed by atoms with E-state index >= 15 is 0 Å². The summed E-state index contributed by atoms with van der Waals surface area (Å²) in [6, 6.07) is 19.3. The Bertz CT molecular complexity index is 1400. The van der Waals surface area contributed by atoms with Gasteiger partial charge in [0.2, 0.25) is 5.91 Å². The van der Waals surface area contributed by atoms with E-state index in [9.17, 15) is 14.4 Å².